The molecule has 10 heteroatoms. The van der Waals surface area contributed by atoms with Crippen LogP contribution in [0.4, 0.5) is 0 Å². The Morgan fingerprint density at radius 1 is 0.973 bits per heavy atom. The van der Waals surface area contributed by atoms with Gasteiger partial charge in [0.1, 0.15) is 5.75 Å². The van der Waals surface area contributed by atoms with Gasteiger partial charge in [0.05, 0.1) is 41.1 Å². The fourth-order valence-electron chi connectivity index (χ4n) is 4.59. The lowest BCUT2D eigenvalue weighted by atomic mass is 9.98. The molecule has 0 spiro atoms. The van der Waals surface area contributed by atoms with Crippen molar-refractivity contribution in [3.8, 4) is 28.7 Å². The third kappa shape index (κ3) is 6.68. The van der Waals surface area contributed by atoms with Gasteiger partial charge in [0, 0.05) is 28.8 Å². The smallest absolute Gasteiger partial charge is 0.213 e. The number of hydrogen-bond acceptors (Lipinski definition) is 10. The highest BCUT2D eigenvalue weighted by molar-refractivity contribution is 8.00. The number of carbonyl (C=O) groups is 2. The van der Waals surface area contributed by atoms with Crippen LogP contribution in [-0.2, 0) is 29.0 Å². The van der Waals surface area contributed by atoms with Crippen molar-refractivity contribution in [2.24, 2.45) is 5.73 Å². The van der Waals surface area contributed by atoms with Crippen molar-refractivity contribution < 1.29 is 33.3 Å². The highest BCUT2D eigenvalue weighted by Gasteiger charge is 2.32. The molecule has 0 bridgehead atoms. The van der Waals surface area contributed by atoms with E-state index < -0.39 is 11.8 Å². The average molecular weight is 533 g/mol. The van der Waals surface area contributed by atoms with Crippen molar-refractivity contribution in [2.75, 3.05) is 40.9 Å². The molecule has 0 aromatic heterocycles. The third-order valence-electron chi connectivity index (χ3n) is 6.40. The van der Waals surface area contributed by atoms with E-state index in [-0.39, 0.29) is 11.8 Å². The van der Waals surface area contributed by atoms with E-state index in [2.05, 4.69) is 5.32 Å². The second-order valence-electron chi connectivity index (χ2n) is 8.50. The van der Waals surface area contributed by atoms with Gasteiger partial charge in [-0.05, 0) is 43.4 Å². The zero-order valence-electron chi connectivity index (χ0n) is 21.8. The average Bonchev–Trinajstić information content (AvgIpc) is 3.39. The summed E-state index contributed by atoms with van der Waals surface area (Å²) in [7, 11) is 6.30. The number of rotatable bonds is 15. The SMILES string of the molecule is COc1c(CN)c(CCCCOc2ccc(CC3SCNC3C(=O)C=O)cc2)c(OC)c(OC)c1OC. The van der Waals surface area contributed by atoms with E-state index in [1.165, 1.54) is 0 Å². The monoisotopic (exact) mass is 532 g/mol. The molecular formula is C27H36N2O7S. The van der Waals surface area contributed by atoms with Crippen LogP contribution in [0.1, 0.15) is 29.5 Å². The highest BCUT2D eigenvalue weighted by atomic mass is 32.2. The number of nitrogens with one attached hydrogen (secondary N) is 1. The van der Waals surface area contributed by atoms with E-state index in [1.807, 2.05) is 24.3 Å². The minimum absolute atomic E-state index is 0.0510. The lowest BCUT2D eigenvalue weighted by molar-refractivity contribution is -0.131. The second kappa shape index (κ2) is 14.1. The molecule has 2 unspecified atom stereocenters. The standard InChI is InChI=1S/C27H36N2O7S/c1-32-24-19(20(14-28)25(33-2)27(35-4)26(24)34-3)7-5-6-12-36-18-10-8-17(9-11-18)13-22-23(21(31)15-30)29-16-37-22/h8-11,15,22-23,29H,5-7,12-14,16,28H2,1-4H3. The molecule has 3 rings (SSSR count). The van der Waals surface area contributed by atoms with Gasteiger partial charge < -0.3 is 29.4 Å². The number of nitrogens with two attached hydrogens (primary N) is 1. The second-order valence-corrected chi connectivity index (χ2v) is 9.73. The van der Waals surface area contributed by atoms with Gasteiger partial charge in [0.2, 0.25) is 17.3 Å². The molecule has 2 atom stereocenters. The third-order valence-corrected chi connectivity index (χ3v) is 7.60. The normalized spacial score (nSPS) is 16.8. The predicted octanol–water partition coefficient (Wildman–Crippen LogP) is 2.92. The fraction of sp³-hybridized carbons (Fsp3) is 0.481. The maximum absolute atomic E-state index is 11.8. The maximum Gasteiger partial charge on any atom is 0.213 e. The van der Waals surface area contributed by atoms with Crippen molar-refractivity contribution in [3.63, 3.8) is 0 Å². The van der Waals surface area contributed by atoms with Crippen molar-refractivity contribution in [1.29, 1.82) is 0 Å². The van der Waals surface area contributed by atoms with Gasteiger partial charge in [-0.25, -0.2) is 0 Å². The molecule has 1 aliphatic heterocycles. The van der Waals surface area contributed by atoms with Crippen LogP contribution in [0.15, 0.2) is 24.3 Å². The van der Waals surface area contributed by atoms with Crippen LogP contribution in [0.3, 0.4) is 0 Å². The van der Waals surface area contributed by atoms with Crippen LogP contribution in [0.25, 0.3) is 0 Å². The van der Waals surface area contributed by atoms with Crippen molar-refractivity contribution in [1.82, 2.24) is 5.32 Å². The summed E-state index contributed by atoms with van der Waals surface area (Å²) in [4.78, 5) is 22.7. The predicted molar refractivity (Wildman–Crippen MR) is 143 cm³/mol. The Morgan fingerprint density at radius 2 is 1.59 bits per heavy atom. The van der Waals surface area contributed by atoms with E-state index in [4.69, 9.17) is 29.4 Å². The van der Waals surface area contributed by atoms with Crippen LogP contribution in [0.2, 0.25) is 0 Å². The summed E-state index contributed by atoms with van der Waals surface area (Å²) in [5, 5.41) is 3.15. The number of aldehydes is 1. The number of ketones is 1. The van der Waals surface area contributed by atoms with Crippen LogP contribution in [-0.4, -0.2) is 64.3 Å². The first-order chi connectivity index (χ1) is 18.0. The number of benzene rings is 2. The Labute approximate surface area is 222 Å². The molecule has 0 saturated carbocycles. The molecule has 0 aliphatic carbocycles. The molecular weight excluding hydrogens is 496 g/mol. The summed E-state index contributed by atoms with van der Waals surface area (Å²) in [5.74, 6) is 3.18. The lowest BCUT2D eigenvalue weighted by Crippen LogP contribution is -2.39. The van der Waals surface area contributed by atoms with E-state index in [1.54, 1.807) is 40.2 Å². The maximum atomic E-state index is 11.8. The minimum atomic E-state index is -0.414. The van der Waals surface area contributed by atoms with Crippen LogP contribution in [0, 0.1) is 0 Å². The van der Waals surface area contributed by atoms with Gasteiger partial charge in [0.25, 0.3) is 0 Å². The molecule has 3 N–H and O–H groups in total. The quantitative estimate of drug-likeness (QED) is 0.201. The number of ether oxygens (including phenoxy) is 5. The first-order valence-corrected chi connectivity index (χ1v) is 13.2. The number of Topliss-reactive ketones (excluding diaryl/α,β-unsaturated/α-hetero) is 1. The highest BCUT2D eigenvalue weighted by Crippen LogP contribution is 2.49. The Morgan fingerprint density at radius 3 is 2.16 bits per heavy atom. The van der Waals surface area contributed by atoms with E-state index in [9.17, 15) is 9.59 Å². The summed E-state index contributed by atoms with van der Waals surface area (Å²) >= 11 is 1.66. The van der Waals surface area contributed by atoms with Crippen molar-refractivity contribution >= 4 is 23.8 Å². The van der Waals surface area contributed by atoms with Crippen LogP contribution in [0.5, 0.6) is 28.7 Å². The Hall–Kier alpha value is -2.95. The summed E-state index contributed by atoms with van der Waals surface area (Å²) in [6.45, 7) is 0.833. The zero-order valence-corrected chi connectivity index (χ0v) is 22.7. The first-order valence-electron chi connectivity index (χ1n) is 12.2. The van der Waals surface area contributed by atoms with Gasteiger partial charge in [-0.2, -0.15) is 0 Å². The molecule has 1 heterocycles. The minimum Gasteiger partial charge on any atom is -0.494 e. The number of unbranched alkanes of at least 4 members (excludes halogenated alkanes) is 1. The van der Waals surface area contributed by atoms with Crippen LogP contribution < -0.4 is 34.7 Å². The Bertz CT molecular complexity index is 1030. The molecule has 0 amide bonds. The summed E-state index contributed by atoms with van der Waals surface area (Å²) in [6, 6.07) is 7.47. The lowest BCUT2D eigenvalue weighted by Gasteiger charge is -2.22. The topological polar surface area (TPSA) is 118 Å². The number of carbonyl (C=O) groups excluding carboxylic acids is 2. The molecule has 202 valence electrons. The number of hydrogen-bond donors (Lipinski definition) is 2. The number of methoxy groups -OCH3 is 4. The van der Waals surface area contributed by atoms with E-state index in [0.29, 0.717) is 54.6 Å². The van der Waals surface area contributed by atoms with Gasteiger partial charge in [-0.15, -0.1) is 11.8 Å². The first kappa shape index (κ1) is 28.6. The summed E-state index contributed by atoms with van der Waals surface area (Å²) in [5.41, 5.74) is 8.94. The molecule has 0 radical (unpaired) electrons. The fourth-order valence-corrected chi connectivity index (χ4v) is 5.81. The number of thioether (sulfide) groups is 1. The largest absolute Gasteiger partial charge is 0.494 e. The van der Waals surface area contributed by atoms with Crippen molar-refractivity contribution in [3.05, 3.63) is 41.0 Å². The molecule has 2 aromatic rings. The Balaban J connectivity index is 1.56. The van der Waals surface area contributed by atoms with Crippen molar-refractivity contribution in [2.45, 2.75) is 43.5 Å². The summed E-state index contributed by atoms with van der Waals surface area (Å²) < 4.78 is 28.3. The zero-order chi connectivity index (χ0) is 26.8. The molecule has 37 heavy (non-hydrogen) atoms. The van der Waals surface area contributed by atoms with Gasteiger partial charge in [-0.3, -0.25) is 14.9 Å². The Kier molecular flexibility index (Phi) is 10.9. The van der Waals surface area contributed by atoms with Gasteiger partial charge >= 0.3 is 0 Å². The molecule has 1 fully saturated rings. The van der Waals surface area contributed by atoms with Crippen LogP contribution >= 0.6 is 11.8 Å². The molecule has 9 nitrogen and oxygen atoms in total. The molecule has 2 aromatic carbocycles. The van der Waals surface area contributed by atoms with E-state index in [0.717, 1.165) is 35.3 Å². The van der Waals surface area contributed by atoms with Gasteiger partial charge in [-0.1, -0.05) is 12.1 Å². The van der Waals surface area contributed by atoms with Gasteiger partial charge in [0.15, 0.2) is 17.8 Å². The van der Waals surface area contributed by atoms with E-state index >= 15 is 0 Å². The molecule has 1 aliphatic rings. The summed E-state index contributed by atoms with van der Waals surface area (Å²) in [6.07, 6.45) is 3.50. The molecule has 1 saturated heterocycles.